The normalized spacial score (nSPS) is 10.7. The van der Waals surface area contributed by atoms with Gasteiger partial charge in [0.25, 0.3) is 0 Å². The van der Waals surface area contributed by atoms with E-state index >= 15 is 0 Å². The number of rotatable bonds is 9. The van der Waals surface area contributed by atoms with Crippen LogP contribution in [0.25, 0.3) is 0 Å². The molecular weight excluding hydrogens is 445 g/mol. The molecule has 0 saturated heterocycles. The van der Waals surface area contributed by atoms with Crippen molar-refractivity contribution in [2.45, 2.75) is 19.7 Å². The van der Waals surface area contributed by atoms with Crippen LogP contribution in [0.4, 0.5) is 0 Å². The Labute approximate surface area is 191 Å². The average molecular weight is 467 g/mol. The van der Waals surface area contributed by atoms with E-state index in [4.69, 9.17) is 49.0 Å². The van der Waals surface area contributed by atoms with Gasteiger partial charge in [0.05, 0.1) is 14.2 Å². The number of benzene rings is 3. The maximum atomic E-state index is 6.49. The quantitative estimate of drug-likeness (QED) is 0.389. The van der Waals surface area contributed by atoms with Crippen LogP contribution in [0.1, 0.15) is 16.7 Å². The fourth-order valence-corrected chi connectivity index (χ4v) is 3.71. The highest BCUT2D eigenvalue weighted by Gasteiger charge is 2.13. The van der Waals surface area contributed by atoms with Gasteiger partial charge in [0.2, 0.25) is 0 Å². The molecule has 0 aliphatic carbocycles. The van der Waals surface area contributed by atoms with Gasteiger partial charge in [0.15, 0.2) is 11.5 Å². The topological polar surface area (TPSA) is 39.7 Å². The monoisotopic (exact) mass is 465 g/mol. The summed E-state index contributed by atoms with van der Waals surface area (Å²) in [5.41, 5.74) is 2.67. The molecule has 1 N–H and O–H groups in total. The molecule has 7 heteroatoms. The number of methoxy groups -OCH3 is 2. The Balaban J connectivity index is 1.69. The van der Waals surface area contributed by atoms with Crippen molar-refractivity contribution in [2.24, 2.45) is 0 Å². The maximum absolute atomic E-state index is 6.49. The van der Waals surface area contributed by atoms with E-state index in [2.05, 4.69) is 5.32 Å². The molecule has 4 nitrogen and oxygen atoms in total. The number of halogens is 3. The van der Waals surface area contributed by atoms with Crippen LogP contribution in [0.5, 0.6) is 17.2 Å². The van der Waals surface area contributed by atoms with E-state index < -0.39 is 0 Å². The second-order valence-corrected chi connectivity index (χ2v) is 7.72. The highest BCUT2D eigenvalue weighted by atomic mass is 35.5. The lowest BCUT2D eigenvalue weighted by molar-refractivity contribution is 0.284. The summed E-state index contributed by atoms with van der Waals surface area (Å²) in [6, 6.07) is 16.8. The first-order chi connectivity index (χ1) is 14.5. The van der Waals surface area contributed by atoms with E-state index in [1.807, 2.05) is 30.3 Å². The van der Waals surface area contributed by atoms with Gasteiger partial charge < -0.3 is 19.5 Å². The summed E-state index contributed by atoms with van der Waals surface area (Å²) in [5.74, 6) is 1.94. The molecule has 0 fully saturated rings. The van der Waals surface area contributed by atoms with Crippen LogP contribution in [-0.4, -0.2) is 14.2 Å². The van der Waals surface area contributed by atoms with E-state index in [0.29, 0.717) is 45.2 Å². The molecular formula is C23H22Cl3NO3. The zero-order chi connectivity index (χ0) is 21.5. The van der Waals surface area contributed by atoms with Crippen molar-refractivity contribution < 1.29 is 14.2 Å². The Morgan fingerprint density at radius 3 is 2.07 bits per heavy atom. The van der Waals surface area contributed by atoms with E-state index in [1.165, 1.54) is 0 Å². The molecule has 30 heavy (non-hydrogen) atoms. The summed E-state index contributed by atoms with van der Waals surface area (Å²) in [6.07, 6.45) is 0. The lowest BCUT2D eigenvalue weighted by atomic mass is 10.1. The highest BCUT2D eigenvalue weighted by molar-refractivity contribution is 6.36. The van der Waals surface area contributed by atoms with Gasteiger partial charge in [0, 0.05) is 45.4 Å². The zero-order valence-electron chi connectivity index (χ0n) is 16.7. The Kier molecular flexibility index (Phi) is 8.11. The summed E-state index contributed by atoms with van der Waals surface area (Å²) in [5, 5.41) is 5.05. The predicted octanol–water partition coefficient (Wildman–Crippen LogP) is 6.53. The Bertz CT molecular complexity index is 991. The SMILES string of the molecule is COc1ccccc1CNCc1cc(OC)c(OCc2c(Cl)cccc2Cl)cc1Cl. The van der Waals surface area contributed by atoms with Gasteiger partial charge in [-0.2, -0.15) is 0 Å². The third-order valence-corrected chi connectivity index (χ3v) is 5.65. The van der Waals surface area contributed by atoms with Gasteiger partial charge in [0.1, 0.15) is 12.4 Å². The van der Waals surface area contributed by atoms with Crippen LogP contribution in [-0.2, 0) is 19.7 Å². The Morgan fingerprint density at radius 1 is 0.700 bits per heavy atom. The summed E-state index contributed by atoms with van der Waals surface area (Å²) in [6.45, 7) is 1.41. The minimum Gasteiger partial charge on any atom is -0.496 e. The van der Waals surface area contributed by atoms with Gasteiger partial charge >= 0.3 is 0 Å². The first-order valence-electron chi connectivity index (χ1n) is 9.28. The van der Waals surface area contributed by atoms with Crippen LogP contribution >= 0.6 is 34.8 Å². The largest absolute Gasteiger partial charge is 0.496 e. The number of hydrogen-bond acceptors (Lipinski definition) is 4. The van der Waals surface area contributed by atoms with Gasteiger partial charge in [-0.15, -0.1) is 0 Å². The van der Waals surface area contributed by atoms with Crippen LogP contribution in [0.2, 0.25) is 15.1 Å². The number of para-hydroxylation sites is 1. The summed E-state index contributed by atoms with van der Waals surface area (Å²) in [4.78, 5) is 0. The van der Waals surface area contributed by atoms with Gasteiger partial charge in [-0.25, -0.2) is 0 Å². The molecule has 3 aromatic carbocycles. The fraction of sp³-hybridized carbons (Fsp3) is 0.217. The van der Waals surface area contributed by atoms with E-state index in [1.54, 1.807) is 38.5 Å². The van der Waals surface area contributed by atoms with Gasteiger partial charge in [-0.1, -0.05) is 59.1 Å². The lowest BCUT2D eigenvalue weighted by Gasteiger charge is -2.15. The fourth-order valence-electron chi connectivity index (χ4n) is 2.99. The Morgan fingerprint density at radius 2 is 1.37 bits per heavy atom. The predicted molar refractivity (Wildman–Crippen MR) is 122 cm³/mol. The van der Waals surface area contributed by atoms with Crippen molar-refractivity contribution in [3.8, 4) is 17.2 Å². The average Bonchev–Trinajstić information content (AvgIpc) is 2.75. The molecule has 0 amide bonds. The maximum Gasteiger partial charge on any atom is 0.163 e. The molecule has 158 valence electrons. The molecule has 0 aromatic heterocycles. The minimum atomic E-state index is 0.205. The molecule has 0 aliphatic rings. The molecule has 0 atom stereocenters. The smallest absolute Gasteiger partial charge is 0.163 e. The van der Waals surface area contributed by atoms with E-state index in [9.17, 15) is 0 Å². The number of ether oxygens (including phenoxy) is 3. The summed E-state index contributed by atoms with van der Waals surface area (Å²) < 4.78 is 16.8. The van der Waals surface area contributed by atoms with Crippen molar-refractivity contribution in [2.75, 3.05) is 14.2 Å². The van der Waals surface area contributed by atoms with Crippen LogP contribution in [0, 0.1) is 0 Å². The van der Waals surface area contributed by atoms with Crippen molar-refractivity contribution in [3.05, 3.63) is 86.4 Å². The molecule has 0 heterocycles. The molecule has 0 aliphatic heterocycles. The second kappa shape index (κ2) is 10.8. The van der Waals surface area contributed by atoms with E-state index in [-0.39, 0.29) is 6.61 Å². The lowest BCUT2D eigenvalue weighted by Crippen LogP contribution is -2.14. The van der Waals surface area contributed by atoms with Crippen LogP contribution in [0.15, 0.2) is 54.6 Å². The van der Waals surface area contributed by atoms with Crippen molar-refractivity contribution in [1.29, 1.82) is 0 Å². The molecule has 0 saturated carbocycles. The molecule has 0 spiro atoms. The van der Waals surface area contributed by atoms with E-state index in [0.717, 1.165) is 16.9 Å². The number of nitrogens with one attached hydrogen (secondary N) is 1. The van der Waals surface area contributed by atoms with Crippen molar-refractivity contribution >= 4 is 34.8 Å². The highest BCUT2D eigenvalue weighted by Crippen LogP contribution is 2.35. The van der Waals surface area contributed by atoms with Crippen LogP contribution in [0.3, 0.4) is 0 Å². The summed E-state index contributed by atoms with van der Waals surface area (Å²) in [7, 11) is 3.25. The molecule has 3 aromatic rings. The van der Waals surface area contributed by atoms with Crippen molar-refractivity contribution in [3.63, 3.8) is 0 Å². The first kappa shape index (κ1) is 22.6. The summed E-state index contributed by atoms with van der Waals surface area (Å²) >= 11 is 18.9. The first-order valence-corrected chi connectivity index (χ1v) is 10.4. The third kappa shape index (κ3) is 5.52. The molecule has 0 radical (unpaired) electrons. The minimum absolute atomic E-state index is 0.205. The van der Waals surface area contributed by atoms with Gasteiger partial charge in [-0.05, 0) is 29.8 Å². The number of hydrogen-bond donors (Lipinski definition) is 1. The second-order valence-electron chi connectivity index (χ2n) is 6.50. The van der Waals surface area contributed by atoms with Gasteiger partial charge in [-0.3, -0.25) is 0 Å². The standard InChI is InChI=1S/C23H22Cl3NO3/c1-28-21-9-4-3-6-15(21)12-27-13-16-10-22(29-2)23(11-20(16)26)30-14-17-18(24)7-5-8-19(17)25/h3-11,27H,12-14H2,1-2H3. The van der Waals surface area contributed by atoms with Crippen molar-refractivity contribution in [1.82, 2.24) is 5.32 Å². The molecule has 0 bridgehead atoms. The third-order valence-electron chi connectivity index (χ3n) is 4.59. The molecule has 0 unspecified atom stereocenters. The molecule has 3 rings (SSSR count). The van der Waals surface area contributed by atoms with Crippen LogP contribution < -0.4 is 19.5 Å². The Hall–Kier alpha value is -2.11. The zero-order valence-corrected chi connectivity index (χ0v) is 18.9.